The smallest absolute Gasteiger partial charge is 0.260 e. The van der Waals surface area contributed by atoms with Crippen LogP contribution in [0.4, 0.5) is 5.82 Å². The third-order valence-corrected chi connectivity index (χ3v) is 4.84. The molecule has 0 atom stereocenters. The van der Waals surface area contributed by atoms with Crippen LogP contribution in [0.15, 0.2) is 36.7 Å². The standard InChI is InChI=1S/C19H22N6O3/c1-14-11-17(21-19-22-20-13-25(14)19)23-7-9-24(10-8-23)18(26)12-28-16-5-3-15(27-2)4-6-16/h3-6,11,13H,7-10,12H2,1-2H3. The molecule has 2 aromatic heterocycles. The fourth-order valence-corrected chi connectivity index (χ4v) is 3.20. The lowest BCUT2D eigenvalue weighted by atomic mass is 10.3. The number of nitrogens with zero attached hydrogens (tertiary/aromatic N) is 6. The van der Waals surface area contributed by atoms with Crippen molar-refractivity contribution < 1.29 is 14.3 Å². The second-order valence-electron chi connectivity index (χ2n) is 6.59. The Balaban J connectivity index is 1.32. The summed E-state index contributed by atoms with van der Waals surface area (Å²) in [6.07, 6.45) is 1.65. The molecule has 0 aliphatic carbocycles. The average molecular weight is 382 g/mol. The molecule has 1 aliphatic rings. The molecule has 1 aromatic carbocycles. The van der Waals surface area contributed by atoms with Gasteiger partial charge in [0.2, 0.25) is 0 Å². The average Bonchev–Trinajstić information content (AvgIpc) is 3.22. The Bertz CT molecular complexity index is 963. The number of anilines is 1. The lowest BCUT2D eigenvalue weighted by molar-refractivity contribution is -0.133. The number of benzene rings is 1. The van der Waals surface area contributed by atoms with Gasteiger partial charge in [-0.15, -0.1) is 10.2 Å². The van der Waals surface area contributed by atoms with Crippen LogP contribution in [0.25, 0.3) is 5.78 Å². The Kier molecular flexibility index (Phi) is 4.96. The second kappa shape index (κ2) is 7.71. The first kappa shape index (κ1) is 18.0. The maximum Gasteiger partial charge on any atom is 0.260 e. The monoisotopic (exact) mass is 382 g/mol. The van der Waals surface area contributed by atoms with Crippen LogP contribution in [0, 0.1) is 6.92 Å². The number of aromatic nitrogens is 4. The number of hydrogen-bond acceptors (Lipinski definition) is 7. The first-order chi connectivity index (χ1) is 13.6. The van der Waals surface area contributed by atoms with Gasteiger partial charge in [-0.25, -0.2) is 0 Å². The Hall–Kier alpha value is -3.36. The highest BCUT2D eigenvalue weighted by molar-refractivity contribution is 5.78. The van der Waals surface area contributed by atoms with Gasteiger partial charge >= 0.3 is 0 Å². The SMILES string of the molecule is COc1ccc(OCC(=O)N2CCN(c3cc(C)n4cnnc4n3)CC2)cc1. The molecule has 146 valence electrons. The normalized spacial score (nSPS) is 14.4. The minimum absolute atomic E-state index is 0.0208. The number of hydrogen-bond donors (Lipinski definition) is 0. The molecular formula is C19H22N6O3. The molecule has 3 aromatic rings. The number of methoxy groups -OCH3 is 1. The fraction of sp³-hybridized carbons (Fsp3) is 0.368. The zero-order valence-corrected chi connectivity index (χ0v) is 15.9. The topological polar surface area (TPSA) is 85.1 Å². The molecule has 1 saturated heterocycles. The number of amides is 1. The van der Waals surface area contributed by atoms with Crippen LogP contribution >= 0.6 is 0 Å². The Morgan fingerprint density at radius 3 is 2.54 bits per heavy atom. The maximum absolute atomic E-state index is 12.5. The van der Waals surface area contributed by atoms with Crippen LogP contribution in [0.5, 0.6) is 11.5 Å². The summed E-state index contributed by atoms with van der Waals surface area (Å²) in [5.41, 5.74) is 1.02. The predicted molar refractivity (Wildman–Crippen MR) is 103 cm³/mol. The van der Waals surface area contributed by atoms with E-state index in [1.807, 2.05) is 22.3 Å². The predicted octanol–water partition coefficient (Wildman–Crippen LogP) is 1.17. The molecule has 0 saturated carbocycles. The van der Waals surface area contributed by atoms with Crippen LogP contribution in [0.3, 0.4) is 0 Å². The van der Waals surface area contributed by atoms with E-state index in [1.54, 1.807) is 37.7 Å². The number of carbonyl (C=O) groups is 1. The van der Waals surface area contributed by atoms with Crippen molar-refractivity contribution in [3.63, 3.8) is 0 Å². The molecule has 0 spiro atoms. The highest BCUT2D eigenvalue weighted by Crippen LogP contribution is 2.18. The third kappa shape index (κ3) is 3.68. The lowest BCUT2D eigenvalue weighted by Gasteiger charge is -2.35. The molecule has 9 heteroatoms. The van der Waals surface area contributed by atoms with E-state index < -0.39 is 0 Å². The van der Waals surface area contributed by atoms with Crippen molar-refractivity contribution in [3.05, 3.63) is 42.4 Å². The van der Waals surface area contributed by atoms with E-state index in [2.05, 4.69) is 20.1 Å². The van der Waals surface area contributed by atoms with Gasteiger partial charge in [0.25, 0.3) is 11.7 Å². The fourth-order valence-electron chi connectivity index (χ4n) is 3.20. The highest BCUT2D eigenvalue weighted by Gasteiger charge is 2.23. The third-order valence-electron chi connectivity index (χ3n) is 4.84. The zero-order chi connectivity index (χ0) is 19.5. The Morgan fingerprint density at radius 1 is 1.11 bits per heavy atom. The van der Waals surface area contributed by atoms with Crippen molar-refractivity contribution in [3.8, 4) is 11.5 Å². The minimum Gasteiger partial charge on any atom is -0.497 e. The van der Waals surface area contributed by atoms with E-state index in [1.165, 1.54) is 0 Å². The van der Waals surface area contributed by atoms with Crippen LogP contribution in [0.2, 0.25) is 0 Å². The molecule has 9 nitrogen and oxygen atoms in total. The molecule has 28 heavy (non-hydrogen) atoms. The van der Waals surface area contributed by atoms with E-state index in [0.29, 0.717) is 37.7 Å². The van der Waals surface area contributed by atoms with Crippen LogP contribution in [0.1, 0.15) is 5.69 Å². The quantitative estimate of drug-likeness (QED) is 0.655. The van der Waals surface area contributed by atoms with E-state index in [4.69, 9.17) is 9.47 Å². The molecular weight excluding hydrogens is 360 g/mol. The number of fused-ring (bicyclic) bond motifs is 1. The van der Waals surface area contributed by atoms with Gasteiger partial charge in [-0.1, -0.05) is 0 Å². The minimum atomic E-state index is -0.0208. The van der Waals surface area contributed by atoms with Crippen molar-refractivity contribution in [2.45, 2.75) is 6.92 Å². The van der Waals surface area contributed by atoms with Crippen LogP contribution in [-0.2, 0) is 4.79 Å². The Labute approximate surface area is 162 Å². The van der Waals surface area contributed by atoms with Crippen molar-refractivity contribution >= 4 is 17.5 Å². The summed E-state index contributed by atoms with van der Waals surface area (Å²) in [5, 5.41) is 7.93. The lowest BCUT2D eigenvalue weighted by Crippen LogP contribution is -2.50. The first-order valence-electron chi connectivity index (χ1n) is 9.11. The van der Waals surface area contributed by atoms with Crippen molar-refractivity contribution in [1.29, 1.82) is 0 Å². The molecule has 0 radical (unpaired) electrons. The zero-order valence-electron chi connectivity index (χ0n) is 15.9. The summed E-state index contributed by atoms with van der Waals surface area (Å²) in [5.74, 6) is 2.82. The molecule has 0 bridgehead atoms. The van der Waals surface area contributed by atoms with Crippen molar-refractivity contribution in [1.82, 2.24) is 24.5 Å². The van der Waals surface area contributed by atoms with Crippen LogP contribution < -0.4 is 14.4 Å². The van der Waals surface area contributed by atoms with E-state index in [0.717, 1.165) is 17.3 Å². The Morgan fingerprint density at radius 2 is 1.82 bits per heavy atom. The summed E-state index contributed by atoms with van der Waals surface area (Å²) in [4.78, 5) is 21.0. The summed E-state index contributed by atoms with van der Waals surface area (Å²) in [6, 6.07) is 9.21. The van der Waals surface area contributed by atoms with Gasteiger partial charge in [0, 0.05) is 37.9 Å². The summed E-state index contributed by atoms with van der Waals surface area (Å²) < 4.78 is 12.6. The molecule has 1 amide bonds. The van der Waals surface area contributed by atoms with Gasteiger partial charge < -0.3 is 19.3 Å². The van der Waals surface area contributed by atoms with Gasteiger partial charge in [-0.2, -0.15) is 4.98 Å². The number of carbonyl (C=O) groups excluding carboxylic acids is 1. The molecule has 0 N–H and O–H groups in total. The second-order valence-corrected chi connectivity index (χ2v) is 6.59. The summed E-state index contributed by atoms with van der Waals surface area (Å²) in [7, 11) is 1.61. The molecule has 1 fully saturated rings. The molecule has 1 aliphatic heterocycles. The molecule has 4 rings (SSSR count). The summed E-state index contributed by atoms with van der Waals surface area (Å²) >= 11 is 0. The van der Waals surface area contributed by atoms with Gasteiger partial charge in [-0.05, 0) is 31.2 Å². The number of ether oxygens (including phenoxy) is 2. The van der Waals surface area contributed by atoms with Gasteiger partial charge in [0.05, 0.1) is 7.11 Å². The maximum atomic E-state index is 12.5. The van der Waals surface area contributed by atoms with Gasteiger partial charge in [0.1, 0.15) is 23.6 Å². The summed E-state index contributed by atoms with van der Waals surface area (Å²) in [6.45, 7) is 4.70. The van der Waals surface area contributed by atoms with Crippen molar-refractivity contribution in [2.75, 3.05) is 44.8 Å². The van der Waals surface area contributed by atoms with E-state index in [9.17, 15) is 4.79 Å². The van der Waals surface area contributed by atoms with Crippen LogP contribution in [-0.4, -0.2) is 70.3 Å². The number of piperazine rings is 1. The highest BCUT2D eigenvalue weighted by atomic mass is 16.5. The number of rotatable bonds is 5. The van der Waals surface area contributed by atoms with E-state index >= 15 is 0 Å². The molecule has 3 heterocycles. The molecule has 0 unspecified atom stereocenters. The van der Waals surface area contributed by atoms with Gasteiger partial charge in [0.15, 0.2) is 6.61 Å². The van der Waals surface area contributed by atoms with E-state index in [-0.39, 0.29) is 12.5 Å². The van der Waals surface area contributed by atoms with Gasteiger partial charge in [-0.3, -0.25) is 9.20 Å². The number of aryl methyl sites for hydroxylation is 1. The van der Waals surface area contributed by atoms with Crippen molar-refractivity contribution in [2.24, 2.45) is 0 Å². The largest absolute Gasteiger partial charge is 0.497 e. The first-order valence-corrected chi connectivity index (χ1v) is 9.11.